The molecule has 3 heteroatoms. The maximum atomic E-state index is 5.46. The first-order valence-electron chi connectivity index (χ1n) is 6.32. The topological polar surface area (TPSA) is 16.4 Å². The fourth-order valence-corrected chi connectivity index (χ4v) is 2.54. The van der Waals surface area contributed by atoms with Crippen LogP contribution >= 0.6 is 22.6 Å². The molecule has 1 fully saturated rings. The van der Waals surface area contributed by atoms with E-state index >= 15 is 0 Å². The van der Waals surface area contributed by atoms with Crippen molar-refractivity contribution in [3.63, 3.8) is 0 Å². The second-order valence-electron chi connectivity index (χ2n) is 4.84. The Morgan fingerprint density at radius 1 is 1.11 bits per heavy atom. The Morgan fingerprint density at radius 2 is 1.89 bits per heavy atom. The first kappa shape index (κ1) is 12.2. The minimum atomic E-state index is 0.745. The lowest BCUT2D eigenvalue weighted by atomic mass is 10.2. The Kier molecular flexibility index (Phi) is 3.70. The second kappa shape index (κ2) is 5.45. The van der Waals surface area contributed by atoms with Gasteiger partial charge in [-0.25, -0.2) is 0 Å². The summed E-state index contributed by atoms with van der Waals surface area (Å²) < 4.78 is 6.75. The van der Waals surface area contributed by atoms with Crippen molar-refractivity contribution in [1.29, 1.82) is 0 Å². The van der Waals surface area contributed by atoms with Crippen molar-refractivity contribution in [3.05, 3.63) is 57.6 Å². The van der Waals surface area contributed by atoms with E-state index in [9.17, 15) is 0 Å². The van der Waals surface area contributed by atoms with Crippen molar-refractivity contribution < 1.29 is 4.42 Å². The Morgan fingerprint density at radius 3 is 2.50 bits per heavy atom. The van der Waals surface area contributed by atoms with Crippen LogP contribution in [0.4, 0.5) is 0 Å². The molecule has 94 valence electrons. The predicted octanol–water partition coefficient (Wildman–Crippen LogP) is 4.05. The molecule has 1 aromatic carbocycles. The van der Waals surface area contributed by atoms with Gasteiger partial charge in [0.05, 0.1) is 12.8 Å². The largest absolute Gasteiger partial charge is 0.468 e. The normalized spacial score (nSPS) is 15.2. The Bertz CT molecular complexity index is 488. The molecule has 1 heterocycles. The van der Waals surface area contributed by atoms with E-state index in [0.29, 0.717) is 0 Å². The maximum absolute atomic E-state index is 5.46. The van der Waals surface area contributed by atoms with Gasteiger partial charge in [0.2, 0.25) is 0 Å². The van der Waals surface area contributed by atoms with Gasteiger partial charge in [0, 0.05) is 16.2 Å². The highest BCUT2D eigenvalue weighted by atomic mass is 127. The van der Waals surface area contributed by atoms with Crippen LogP contribution in [0.15, 0.2) is 47.1 Å². The number of nitrogens with zero attached hydrogens (tertiary/aromatic N) is 1. The average Bonchev–Trinajstić information content (AvgIpc) is 3.10. The van der Waals surface area contributed by atoms with Crippen LogP contribution in [0.5, 0.6) is 0 Å². The molecule has 0 radical (unpaired) electrons. The number of hydrogen-bond donors (Lipinski definition) is 0. The van der Waals surface area contributed by atoms with Crippen LogP contribution in [0.2, 0.25) is 0 Å². The average molecular weight is 353 g/mol. The summed E-state index contributed by atoms with van der Waals surface area (Å²) in [6.45, 7) is 1.94. The molecular weight excluding hydrogens is 337 g/mol. The summed E-state index contributed by atoms with van der Waals surface area (Å²) in [6, 6.07) is 13.6. The van der Waals surface area contributed by atoms with Gasteiger partial charge in [-0.2, -0.15) is 0 Å². The summed E-state index contributed by atoms with van der Waals surface area (Å²) in [6.07, 6.45) is 4.40. The van der Waals surface area contributed by atoms with Crippen molar-refractivity contribution >= 4 is 22.6 Å². The van der Waals surface area contributed by atoms with Crippen LogP contribution in [0.25, 0.3) is 0 Å². The number of furan rings is 1. The molecule has 0 amide bonds. The van der Waals surface area contributed by atoms with E-state index in [0.717, 1.165) is 24.9 Å². The fourth-order valence-electron chi connectivity index (χ4n) is 2.18. The molecule has 0 aliphatic heterocycles. The molecule has 0 bridgehead atoms. The van der Waals surface area contributed by atoms with Crippen LogP contribution in [-0.2, 0) is 13.1 Å². The SMILES string of the molecule is Ic1ccc(CN(Cc2ccco2)C2CC2)cc1. The van der Waals surface area contributed by atoms with Crippen LogP contribution in [0, 0.1) is 3.57 Å². The molecule has 3 rings (SSSR count). The Labute approximate surface area is 121 Å². The predicted molar refractivity (Wildman–Crippen MR) is 80.1 cm³/mol. The van der Waals surface area contributed by atoms with Gasteiger partial charge in [-0.15, -0.1) is 0 Å². The monoisotopic (exact) mass is 353 g/mol. The number of hydrogen-bond acceptors (Lipinski definition) is 2. The Balaban J connectivity index is 1.68. The minimum absolute atomic E-state index is 0.745. The molecule has 1 aliphatic rings. The third kappa shape index (κ3) is 3.14. The van der Waals surface area contributed by atoms with Crippen LogP contribution < -0.4 is 0 Å². The Hall–Kier alpha value is -0.810. The summed E-state index contributed by atoms with van der Waals surface area (Å²) in [5, 5.41) is 0. The van der Waals surface area contributed by atoms with Crippen LogP contribution in [0.1, 0.15) is 24.2 Å². The summed E-state index contributed by atoms with van der Waals surface area (Å²) in [5.41, 5.74) is 1.38. The smallest absolute Gasteiger partial charge is 0.117 e. The summed E-state index contributed by atoms with van der Waals surface area (Å²) in [5.74, 6) is 1.06. The zero-order valence-electron chi connectivity index (χ0n) is 10.2. The lowest BCUT2D eigenvalue weighted by Crippen LogP contribution is -2.24. The minimum Gasteiger partial charge on any atom is -0.468 e. The molecule has 1 aliphatic carbocycles. The highest BCUT2D eigenvalue weighted by Crippen LogP contribution is 2.30. The van der Waals surface area contributed by atoms with Gasteiger partial charge in [-0.3, -0.25) is 4.90 Å². The van der Waals surface area contributed by atoms with Gasteiger partial charge in [0.1, 0.15) is 5.76 Å². The third-order valence-electron chi connectivity index (χ3n) is 3.30. The third-order valence-corrected chi connectivity index (χ3v) is 4.02. The van der Waals surface area contributed by atoms with Crippen molar-refractivity contribution in [2.24, 2.45) is 0 Å². The highest BCUT2D eigenvalue weighted by molar-refractivity contribution is 14.1. The van der Waals surface area contributed by atoms with Gasteiger partial charge in [-0.1, -0.05) is 12.1 Å². The summed E-state index contributed by atoms with van der Waals surface area (Å²) in [4.78, 5) is 2.51. The van der Waals surface area contributed by atoms with Gasteiger partial charge in [0.25, 0.3) is 0 Å². The standard InChI is InChI=1S/C15H16INO/c16-13-5-3-12(4-6-13)10-17(14-7-8-14)11-15-2-1-9-18-15/h1-6,9,14H,7-8,10-11H2. The molecule has 0 unspecified atom stereocenters. The van der Waals surface area contributed by atoms with Gasteiger partial charge >= 0.3 is 0 Å². The van der Waals surface area contributed by atoms with Gasteiger partial charge in [-0.05, 0) is 65.3 Å². The van der Waals surface area contributed by atoms with E-state index < -0.39 is 0 Å². The molecule has 1 aromatic heterocycles. The second-order valence-corrected chi connectivity index (χ2v) is 6.09. The number of halogens is 1. The van der Waals surface area contributed by atoms with Crippen molar-refractivity contribution in [2.75, 3.05) is 0 Å². The fraction of sp³-hybridized carbons (Fsp3) is 0.333. The van der Waals surface area contributed by atoms with Gasteiger partial charge < -0.3 is 4.42 Å². The van der Waals surface area contributed by atoms with Gasteiger partial charge in [0.15, 0.2) is 0 Å². The zero-order valence-corrected chi connectivity index (χ0v) is 12.3. The molecule has 2 nitrogen and oxygen atoms in total. The van der Waals surface area contributed by atoms with E-state index in [1.165, 1.54) is 22.0 Å². The maximum Gasteiger partial charge on any atom is 0.117 e. The first-order valence-corrected chi connectivity index (χ1v) is 7.40. The van der Waals surface area contributed by atoms with E-state index in [1.807, 2.05) is 6.07 Å². The van der Waals surface area contributed by atoms with Crippen molar-refractivity contribution in [3.8, 4) is 0 Å². The molecule has 0 N–H and O–H groups in total. The number of benzene rings is 1. The molecule has 0 spiro atoms. The molecule has 2 aromatic rings. The molecule has 1 saturated carbocycles. The van der Waals surface area contributed by atoms with Crippen LogP contribution in [0.3, 0.4) is 0 Å². The molecule has 0 saturated heterocycles. The highest BCUT2D eigenvalue weighted by Gasteiger charge is 2.29. The lowest BCUT2D eigenvalue weighted by Gasteiger charge is -2.20. The quantitative estimate of drug-likeness (QED) is 0.754. The molecule has 0 atom stereocenters. The van der Waals surface area contributed by atoms with E-state index in [4.69, 9.17) is 4.42 Å². The number of rotatable bonds is 5. The first-order chi connectivity index (χ1) is 8.81. The lowest BCUT2D eigenvalue weighted by molar-refractivity contribution is 0.225. The van der Waals surface area contributed by atoms with E-state index in [1.54, 1.807) is 6.26 Å². The molecular formula is C15H16INO. The molecule has 18 heavy (non-hydrogen) atoms. The zero-order chi connectivity index (χ0) is 12.4. The van der Waals surface area contributed by atoms with E-state index in [2.05, 4.69) is 57.8 Å². The van der Waals surface area contributed by atoms with Crippen LogP contribution in [-0.4, -0.2) is 10.9 Å². The summed E-state index contributed by atoms with van der Waals surface area (Å²) >= 11 is 2.35. The van der Waals surface area contributed by atoms with Crippen molar-refractivity contribution in [1.82, 2.24) is 4.90 Å². The van der Waals surface area contributed by atoms with E-state index in [-0.39, 0.29) is 0 Å². The summed E-state index contributed by atoms with van der Waals surface area (Å²) in [7, 11) is 0. The van der Waals surface area contributed by atoms with Crippen molar-refractivity contribution in [2.45, 2.75) is 32.0 Å².